The predicted octanol–water partition coefficient (Wildman–Crippen LogP) is 0.311. The molecule has 1 unspecified atom stereocenters. The van der Waals surface area contributed by atoms with Crippen LogP contribution in [0.2, 0.25) is 6.32 Å². The van der Waals surface area contributed by atoms with E-state index >= 15 is 0 Å². The van der Waals surface area contributed by atoms with E-state index in [9.17, 15) is 0 Å². The molecule has 0 fully saturated rings. The van der Waals surface area contributed by atoms with Gasteiger partial charge in [0, 0.05) is 6.21 Å². The number of hydrogen-bond acceptors (Lipinski definition) is 6. The van der Waals surface area contributed by atoms with Crippen molar-refractivity contribution in [3.8, 4) is 0 Å². The molecule has 0 radical (unpaired) electrons. The van der Waals surface area contributed by atoms with Gasteiger partial charge in [-0.2, -0.15) is 0 Å². The van der Waals surface area contributed by atoms with Crippen molar-refractivity contribution < 1.29 is 10.0 Å². The van der Waals surface area contributed by atoms with Gasteiger partial charge in [0.15, 0.2) is 11.4 Å². The highest BCUT2D eigenvalue weighted by Crippen LogP contribution is 2.25. The van der Waals surface area contributed by atoms with Crippen molar-refractivity contribution in [2.75, 3.05) is 0 Å². The monoisotopic (exact) mass is 234 g/mol. The zero-order valence-electron chi connectivity index (χ0n) is 9.53. The van der Waals surface area contributed by atoms with E-state index in [-0.39, 0.29) is 0 Å². The third kappa shape index (κ3) is 2.86. The first-order valence-electron chi connectivity index (χ1n) is 5.78. The highest BCUT2D eigenvalue weighted by atomic mass is 16.4. The molecular formula is C10H15BN4O2. The van der Waals surface area contributed by atoms with Crippen molar-refractivity contribution in [1.29, 1.82) is 0 Å². The molecule has 0 aromatic rings. The van der Waals surface area contributed by atoms with Crippen molar-refractivity contribution in [1.82, 2.24) is 0 Å². The van der Waals surface area contributed by atoms with Crippen LogP contribution in [0.5, 0.6) is 0 Å². The first-order chi connectivity index (χ1) is 8.23. The van der Waals surface area contributed by atoms with Crippen LogP contribution in [0, 0.1) is 0 Å². The Kier molecular flexibility index (Phi) is 3.80. The number of nitrogens with zero attached hydrogens (tertiary/aromatic N) is 4. The van der Waals surface area contributed by atoms with E-state index in [1.165, 1.54) is 12.7 Å². The fraction of sp³-hybridized carbons (Fsp3) is 0.600. The first-order valence-corrected chi connectivity index (χ1v) is 5.78. The maximum absolute atomic E-state index is 8.72. The van der Waals surface area contributed by atoms with E-state index in [2.05, 4.69) is 20.0 Å². The fourth-order valence-corrected chi connectivity index (χ4v) is 1.98. The molecule has 2 rings (SSSR count). The van der Waals surface area contributed by atoms with E-state index in [4.69, 9.17) is 10.0 Å². The maximum Gasteiger partial charge on any atom is 0.451 e. The highest BCUT2D eigenvalue weighted by molar-refractivity contribution is 6.40. The summed E-state index contributed by atoms with van der Waals surface area (Å²) in [6, 6.07) is 0. The first kappa shape index (κ1) is 12.1. The third-order valence-corrected chi connectivity index (χ3v) is 2.91. The lowest BCUT2D eigenvalue weighted by atomic mass is 9.82. The summed E-state index contributed by atoms with van der Waals surface area (Å²) < 4.78 is 0. The summed E-state index contributed by atoms with van der Waals surface area (Å²) >= 11 is 0. The summed E-state index contributed by atoms with van der Waals surface area (Å²) in [6.45, 7) is 0. The van der Waals surface area contributed by atoms with Crippen LogP contribution in [0.25, 0.3) is 0 Å². The second kappa shape index (κ2) is 5.33. The Morgan fingerprint density at radius 1 is 1.18 bits per heavy atom. The molecule has 6 nitrogen and oxygen atoms in total. The average Bonchev–Trinajstić information content (AvgIpc) is 2.72. The van der Waals surface area contributed by atoms with Crippen LogP contribution in [-0.4, -0.2) is 47.4 Å². The number of unbranched alkanes of at least 4 members (excludes halogenated alkanes) is 2. The Bertz CT molecular complexity index is 392. The molecule has 2 aliphatic rings. The average molecular weight is 234 g/mol. The highest BCUT2D eigenvalue weighted by Gasteiger charge is 2.36. The van der Waals surface area contributed by atoms with Gasteiger partial charge < -0.3 is 10.0 Å². The van der Waals surface area contributed by atoms with E-state index in [1.54, 1.807) is 6.21 Å². The van der Waals surface area contributed by atoms with Crippen molar-refractivity contribution in [2.24, 2.45) is 20.0 Å². The minimum absolute atomic E-state index is 0.420. The summed E-state index contributed by atoms with van der Waals surface area (Å²) in [6.07, 6.45) is 8.68. The number of fused-ring (bicyclic) bond motifs is 1. The number of rotatable bonds is 6. The van der Waals surface area contributed by atoms with E-state index in [1.807, 2.05) is 0 Å². The van der Waals surface area contributed by atoms with E-state index in [0.717, 1.165) is 25.7 Å². The minimum atomic E-state index is -1.20. The number of amidine groups is 1. The lowest BCUT2D eigenvalue weighted by Crippen LogP contribution is -2.37. The van der Waals surface area contributed by atoms with Crippen molar-refractivity contribution in [3.05, 3.63) is 0 Å². The molecule has 7 heteroatoms. The lowest BCUT2D eigenvalue weighted by molar-refractivity contribution is 0.401. The summed E-state index contributed by atoms with van der Waals surface area (Å²) in [5.74, 6) is 0.703. The van der Waals surface area contributed by atoms with Crippen LogP contribution in [-0.2, 0) is 0 Å². The summed E-state index contributed by atoms with van der Waals surface area (Å²) in [4.78, 5) is 16.6. The molecule has 0 saturated carbocycles. The largest absolute Gasteiger partial charge is 0.451 e. The lowest BCUT2D eigenvalue weighted by Gasteiger charge is -2.22. The van der Waals surface area contributed by atoms with Gasteiger partial charge in [0.2, 0.25) is 0 Å². The van der Waals surface area contributed by atoms with Gasteiger partial charge in [-0.1, -0.05) is 19.3 Å². The van der Waals surface area contributed by atoms with Crippen molar-refractivity contribution in [3.63, 3.8) is 0 Å². The smallest absolute Gasteiger partial charge is 0.427 e. The normalized spacial score (nSPS) is 24.9. The molecule has 0 spiro atoms. The molecule has 0 aromatic carbocycles. The Balaban J connectivity index is 1.79. The Morgan fingerprint density at radius 2 is 2.06 bits per heavy atom. The zero-order valence-corrected chi connectivity index (χ0v) is 9.53. The summed E-state index contributed by atoms with van der Waals surface area (Å²) in [5.41, 5.74) is -0.466. The maximum atomic E-state index is 8.72. The second-order valence-corrected chi connectivity index (χ2v) is 4.22. The van der Waals surface area contributed by atoms with Crippen LogP contribution in [0.4, 0.5) is 0 Å². The molecule has 17 heavy (non-hydrogen) atoms. The van der Waals surface area contributed by atoms with Crippen LogP contribution in [0.15, 0.2) is 20.0 Å². The number of hydrogen-bond donors (Lipinski definition) is 2. The molecule has 2 N–H and O–H groups in total. The number of aliphatic imine (C=N–C) groups is 4. The van der Waals surface area contributed by atoms with E-state index < -0.39 is 12.7 Å². The van der Waals surface area contributed by atoms with Gasteiger partial charge in [-0.05, 0) is 12.7 Å². The van der Waals surface area contributed by atoms with Crippen LogP contribution >= 0.6 is 0 Å². The van der Waals surface area contributed by atoms with Gasteiger partial charge in [-0.25, -0.2) is 15.0 Å². The zero-order chi connectivity index (χ0) is 12.1. The second-order valence-electron chi connectivity index (χ2n) is 4.22. The molecular weight excluding hydrogens is 219 g/mol. The van der Waals surface area contributed by atoms with Crippen LogP contribution in [0.3, 0.4) is 0 Å². The van der Waals surface area contributed by atoms with Crippen molar-refractivity contribution in [2.45, 2.75) is 37.5 Å². The van der Waals surface area contributed by atoms with Crippen LogP contribution in [0.1, 0.15) is 25.7 Å². The van der Waals surface area contributed by atoms with Gasteiger partial charge in [-0.3, -0.25) is 4.99 Å². The fourth-order valence-electron chi connectivity index (χ4n) is 1.98. The summed E-state index contributed by atoms with van der Waals surface area (Å²) in [7, 11) is -1.20. The standard InChI is InChI=1S/C10H15BN4O2/c16-11(17)5-3-1-2-4-10-6-12-7-13-9(10)14-8-15-10/h6-8,16-17H,1-5H2. The van der Waals surface area contributed by atoms with Gasteiger partial charge >= 0.3 is 7.12 Å². The third-order valence-electron chi connectivity index (χ3n) is 2.91. The van der Waals surface area contributed by atoms with Gasteiger partial charge in [-0.15, -0.1) is 0 Å². The molecule has 0 amide bonds. The van der Waals surface area contributed by atoms with Crippen molar-refractivity contribution >= 4 is 31.8 Å². The molecule has 0 saturated heterocycles. The molecule has 1 atom stereocenters. The molecule has 0 bridgehead atoms. The Hall–Kier alpha value is -1.34. The van der Waals surface area contributed by atoms with Gasteiger partial charge in [0.1, 0.15) is 12.7 Å². The van der Waals surface area contributed by atoms with E-state index in [0.29, 0.717) is 12.2 Å². The van der Waals surface area contributed by atoms with Gasteiger partial charge in [0.05, 0.1) is 0 Å². The topological polar surface area (TPSA) is 89.9 Å². The predicted molar refractivity (Wildman–Crippen MR) is 69.1 cm³/mol. The Morgan fingerprint density at radius 3 is 2.88 bits per heavy atom. The molecule has 2 aliphatic heterocycles. The quantitative estimate of drug-likeness (QED) is 0.511. The summed E-state index contributed by atoms with van der Waals surface area (Å²) in [5, 5.41) is 17.4. The molecule has 2 heterocycles. The van der Waals surface area contributed by atoms with Gasteiger partial charge in [0.25, 0.3) is 0 Å². The Labute approximate surface area is 100 Å². The molecule has 90 valence electrons. The molecule has 0 aliphatic carbocycles. The van der Waals surface area contributed by atoms with Crippen LogP contribution < -0.4 is 0 Å². The minimum Gasteiger partial charge on any atom is -0.427 e. The molecule has 0 aromatic heterocycles. The SMILES string of the molecule is OB(O)CCCCCC12C=NC=NC1=NC=N2.